The van der Waals surface area contributed by atoms with Gasteiger partial charge in [-0.15, -0.1) is 0 Å². The number of alkyl halides is 3. The lowest BCUT2D eigenvalue weighted by atomic mass is 10.1. The molecule has 1 aliphatic rings. The number of aliphatic hydroxyl groups is 1. The van der Waals surface area contributed by atoms with E-state index in [9.17, 15) is 27.9 Å². The lowest BCUT2D eigenvalue weighted by molar-refractivity contribution is -0.171. The van der Waals surface area contributed by atoms with Gasteiger partial charge in [-0.3, -0.25) is 14.5 Å². The molecule has 0 saturated carbocycles. The fourth-order valence-electron chi connectivity index (χ4n) is 3.10. The van der Waals surface area contributed by atoms with Crippen molar-refractivity contribution >= 4 is 23.6 Å². The van der Waals surface area contributed by atoms with E-state index < -0.39 is 24.7 Å². The highest BCUT2D eigenvalue weighted by molar-refractivity contribution is 6.02. The van der Waals surface area contributed by atoms with Crippen LogP contribution in [0.2, 0.25) is 0 Å². The Morgan fingerprint density at radius 2 is 1.93 bits per heavy atom. The van der Waals surface area contributed by atoms with Crippen LogP contribution in [0, 0.1) is 0 Å². The summed E-state index contributed by atoms with van der Waals surface area (Å²) in [6, 6.07) is 3.42. The Kier molecular flexibility index (Phi) is 6.83. The van der Waals surface area contributed by atoms with E-state index in [2.05, 4.69) is 4.90 Å². The van der Waals surface area contributed by atoms with Gasteiger partial charge < -0.3 is 14.9 Å². The summed E-state index contributed by atoms with van der Waals surface area (Å²) in [6.45, 7) is 3.88. The summed E-state index contributed by atoms with van der Waals surface area (Å²) in [5.74, 6) is -2.10. The number of carbonyl (C=O) groups excluding carboxylic acids is 2. The molecule has 1 unspecified atom stereocenters. The van der Waals surface area contributed by atoms with Gasteiger partial charge in [0.2, 0.25) is 0 Å². The van der Waals surface area contributed by atoms with Gasteiger partial charge in [-0.25, -0.2) is 0 Å². The van der Waals surface area contributed by atoms with Gasteiger partial charge in [0.05, 0.1) is 18.3 Å². The number of likely N-dealkylation sites (N-methyl/N-ethyl adjacent to an activating group) is 1. The maximum absolute atomic E-state index is 13.2. The smallest absolute Gasteiger partial charge is 0.394 e. The number of piperazine rings is 1. The molecule has 6 nitrogen and oxygen atoms in total. The van der Waals surface area contributed by atoms with Crippen LogP contribution >= 0.6 is 0 Å². The van der Waals surface area contributed by atoms with E-state index in [0.717, 1.165) is 13.1 Å². The first-order valence-corrected chi connectivity index (χ1v) is 8.76. The Morgan fingerprint density at radius 3 is 2.41 bits per heavy atom. The molecule has 1 aliphatic heterocycles. The van der Waals surface area contributed by atoms with Gasteiger partial charge in [-0.2, -0.15) is 13.2 Å². The summed E-state index contributed by atoms with van der Waals surface area (Å²) < 4.78 is 39.5. The third-order valence-corrected chi connectivity index (χ3v) is 4.78. The van der Waals surface area contributed by atoms with Crippen molar-refractivity contribution in [1.29, 1.82) is 0 Å². The van der Waals surface area contributed by atoms with Crippen molar-refractivity contribution in [3.8, 4) is 0 Å². The molecule has 1 fully saturated rings. The average Bonchev–Trinajstić information content (AvgIpc) is 2.65. The first-order valence-electron chi connectivity index (χ1n) is 8.76. The monoisotopic (exact) mass is 387 g/mol. The highest BCUT2D eigenvalue weighted by Crippen LogP contribution is 2.32. The molecular formula is C18H24F3N3O3. The van der Waals surface area contributed by atoms with Crippen LogP contribution in [0.4, 0.5) is 24.5 Å². The number of halogens is 3. The lowest BCUT2D eigenvalue weighted by Crippen LogP contribution is -2.49. The standard InChI is InChI=1S/C18H24F3N3O3/c1-3-14(12-26)24(17(27)18(19,20)21)16-10-15(5-4-13(16)11-25)23-8-6-22(2)7-9-23/h4-5,10-11,14,26H,3,6-9,12H2,1-2H3. The topological polar surface area (TPSA) is 64.1 Å². The van der Waals surface area contributed by atoms with Gasteiger partial charge in [0, 0.05) is 37.4 Å². The summed E-state index contributed by atoms with van der Waals surface area (Å²) in [7, 11) is 1.98. The van der Waals surface area contributed by atoms with Gasteiger partial charge in [0.25, 0.3) is 0 Å². The minimum atomic E-state index is -5.12. The number of benzene rings is 1. The number of hydrogen-bond donors (Lipinski definition) is 1. The van der Waals surface area contributed by atoms with Crippen molar-refractivity contribution in [2.75, 3.05) is 49.6 Å². The molecule has 1 N–H and O–H groups in total. The van der Waals surface area contributed by atoms with E-state index in [1.165, 1.54) is 12.1 Å². The largest absolute Gasteiger partial charge is 0.471 e. The number of aliphatic hydroxyl groups excluding tert-OH is 1. The van der Waals surface area contributed by atoms with Gasteiger partial charge in [0.1, 0.15) is 0 Å². The third kappa shape index (κ3) is 4.78. The van der Waals surface area contributed by atoms with Crippen molar-refractivity contribution in [2.24, 2.45) is 0 Å². The van der Waals surface area contributed by atoms with Gasteiger partial charge >= 0.3 is 12.1 Å². The molecule has 1 atom stereocenters. The fourth-order valence-corrected chi connectivity index (χ4v) is 3.10. The summed E-state index contributed by atoms with van der Waals surface area (Å²) >= 11 is 0. The van der Waals surface area contributed by atoms with E-state index in [0.29, 0.717) is 30.0 Å². The van der Waals surface area contributed by atoms with Gasteiger partial charge in [0.15, 0.2) is 6.29 Å². The number of hydrogen-bond acceptors (Lipinski definition) is 5. The lowest BCUT2D eigenvalue weighted by Gasteiger charge is -2.36. The molecular weight excluding hydrogens is 363 g/mol. The van der Waals surface area contributed by atoms with Gasteiger partial charge in [-0.1, -0.05) is 6.92 Å². The summed E-state index contributed by atoms with van der Waals surface area (Å²) in [5.41, 5.74) is 0.471. The van der Waals surface area contributed by atoms with E-state index in [-0.39, 0.29) is 17.7 Å². The Bertz CT molecular complexity index is 670. The second-order valence-electron chi connectivity index (χ2n) is 6.57. The first-order chi connectivity index (χ1) is 12.7. The van der Waals surface area contributed by atoms with Crippen molar-refractivity contribution in [3.05, 3.63) is 23.8 Å². The van der Waals surface area contributed by atoms with E-state index in [4.69, 9.17) is 0 Å². The maximum atomic E-state index is 13.2. The average molecular weight is 387 g/mol. The van der Waals surface area contributed by atoms with Crippen LogP contribution in [0.15, 0.2) is 18.2 Å². The zero-order valence-electron chi connectivity index (χ0n) is 15.4. The third-order valence-electron chi connectivity index (χ3n) is 4.78. The van der Waals surface area contributed by atoms with E-state index in [1.54, 1.807) is 13.0 Å². The molecule has 0 bridgehead atoms. The Labute approximate surface area is 156 Å². The highest BCUT2D eigenvalue weighted by atomic mass is 19.4. The van der Waals surface area contributed by atoms with Crippen molar-refractivity contribution < 1.29 is 27.9 Å². The molecule has 27 heavy (non-hydrogen) atoms. The molecule has 2 rings (SSSR count). The number of carbonyl (C=O) groups is 2. The van der Waals surface area contributed by atoms with Gasteiger partial charge in [-0.05, 0) is 31.7 Å². The van der Waals surface area contributed by atoms with Crippen LogP contribution < -0.4 is 9.80 Å². The second-order valence-corrected chi connectivity index (χ2v) is 6.57. The number of amides is 1. The maximum Gasteiger partial charge on any atom is 0.471 e. The molecule has 1 saturated heterocycles. The van der Waals surface area contributed by atoms with E-state index >= 15 is 0 Å². The van der Waals surface area contributed by atoms with Crippen LogP contribution in [-0.4, -0.2) is 74.3 Å². The minimum Gasteiger partial charge on any atom is -0.394 e. The molecule has 1 aromatic carbocycles. The molecule has 1 heterocycles. The molecule has 0 aliphatic carbocycles. The van der Waals surface area contributed by atoms with Crippen molar-refractivity contribution in [3.63, 3.8) is 0 Å². The zero-order chi connectivity index (χ0) is 20.2. The quantitative estimate of drug-likeness (QED) is 0.756. The van der Waals surface area contributed by atoms with Crippen LogP contribution in [0.5, 0.6) is 0 Å². The Morgan fingerprint density at radius 1 is 1.30 bits per heavy atom. The predicted molar refractivity (Wildman–Crippen MR) is 96.2 cm³/mol. The molecule has 9 heteroatoms. The summed E-state index contributed by atoms with van der Waals surface area (Å²) in [5, 5.41) is 9.52. The number of nitrogens with zero attached hydrogens (tertiary/aromatic N) is 3. The summed E-state index contributed by atoms with van der Waals surface area (Å²) in [4.78, 5) is 28.1. The van der Waals surface area contributed by atoms with Crippen LogP contribution in [0.3, 0.4) is 0 Å². The molecule has 0 spiro atoms. The molecule has 0 aromatic heterocycles. The normalized spacial score (nSPS) is 16.9. The number of rotatable bonds is 6. The fraction of sp³-hybridized carbons (Fsp3) is 0.556. The van der Waals surface area contributed by atoms with Crippen LogP contribution in [-0.2, 0) is 4.79 Å². The second kappa shape index (κ2) is 8.71. The highest BCUT2D eigenvalue weighted by Gasteiger charge is 2.45. The Balaban J connectivity index is 2.50. The minimum absolute atomic E-state index is 0.0302. The Hall–Kier alpha value is -2.13. The summed E-state index contributed by atoms with van der Waals surface area (Å²) in [6.07, 6.45) is -4.59. The zero-order valence-corrected chi connectivity index (χ0v) is 15.4. The molecule has 1 aromatic rings. The van der Waals surface area contributed by atoms with E-state index in [1.807, 2.05) is 11.9 Å². The van der Waals surface area contributed by atoms with Crippen LogP contribution in [0.25, 0.3) is 0 Å². The van der Waals surface area contributed by atoms with Crippen LogP contribution in [0.1, 0.15) is 23.7 Å². The van der Waals surface area contributed by atoms with Crippen molar-refractivity contribution in [2.45, 2.75) is 25.6 Å². The molecule has 150 valence electrons. The first kappa shape index (κ1) is 21.2. The molecule has 1 amide bonds. The SMILES string of the molecule is CCC(CO)N(C(=O)C(F)(F)F)c1cc(N2CCN(C)CC2)ccc1C=O. The molecule has 0 radical (unpaired) electrons. The predicted octanol–water partition coefficient (Wildman–Crippen LogP) is 1.92. The number of anilines is 2. The van der Waals surface area contributed by atoms with Crippen molar-refractivity contribution in [1.82, 2.24) is 4.90 Å². The number of aldehydes is 1.